The van der Waals surface area contributed by atoms with Crippen molar-refractivity contribution < 1.29 is 4.79 Å². The molecule has 1 unspecified atom stereocenters. The smallest absolute Gasteiger partial charge is 0.242 e. The number of carbonyl (C=O) groups excluding carboxylic acids is 1. The first-order valence-electron chi connectivity index (χ1n) is 5.41. The summed E-state index contributed by atoms with van der Waals surface area (Å²) >= 11 is 0. The van der Waals surface area contributed by atoms with Crippen LogP contribution in [0.4, 0.5) is 11.9 Å². The average Bonchev–Trinajstić information content (AvgIpc) is 2.81. The Hall–Kier alpha value is -2.51. The quantitative estimate of drug-likeness (QED) is 0.785. The van der Waals surface area contributed by atoms with Gasteiger partial charge >= 0.3 is 0 Å². The summed E-state index contributed by atoms with van der Waals surface area (Å²) in [6, 6.07) is 0. The van der Waals surface area contributed by atoms with Gasteiger partial charge in [0, 0.05) is 12.4 Å². The van der Waals surface area contributed by atoms with Crippen molar-refractivity contribution in [3.63, 3.8) is 0 Å². The van der Waals surface area contributed by atoms with Crippen LogP contribution < -0.4 is 11.5 Å². The fourth-order valence-electron chi connectivity index (χ4n) is 1.62. The highest BCUT2D eigenvalue weighted by molar-refractivity contribution is 5.85. The number of rotatable bonds is 3. The van der Waals surface area contributed by atoms with E-state index in [0.29, 0.717) is 6.42 Å². The number of anilines is 2. The molecule has 2 aromatic heterocycles. The molecule has 2 aromatic rings. The van der Waals surface area contributed by atoms with Crippen molar-refractivity contribution in [2.24, 2.45) is 0 Å². The van der Waals surface area contributed by atoms with Crippen LogP contribution in [0.5, 0.6) is 0 Å². The van der Waals surface area contributed by atoms with Gasteiger partial charge < -0.3 is 11.5 Å². The molecule has 0 bridgehead atoms. The third-order valence-corrected chi connectivity index (χ3v) is 2.46. The number of aromatic nitrogens is 5. The second-order valence-electron chi connectivity index (χ2n) is 3.68. The summed E-state index contributed by atoms with van der Waals surface area (Å²) in [6.45, 7) is 1.86. The maximum Gasteiger partial charge on any atom is 0.242 e. The van der Waals surface area contributed by atoms with Crippen molar-refractivity contribution in [1.82, 2.24) is 24.5 Å². The molecule has 0 aliphatic carbocycles. The Bertz CT molecular complexity index is 531. The summed E-state index contributed by atoms with van der Waals surface area (Å²) in [7, 11) is 0. The number of nitrogen functional groups attached to an aromatic ring is 2. The Kier molecular flexibility index (Phi) is 3.18. The molecular formula is C10H13N7O. The highest BCUT2D eigenvalue weighted by Crippen LogP contribution is 2.19. The molecule has 0 fully saturated rings. The summed E-state index contributed by atoms with van der Waals surface area (Å²) in [5.41, 5.74) is 11.0. The highest BCUT2D eigenvalue weighted by Gasteiger charge is 2.23. The topological polar surface area (TPSA) is 126 Å². The largest absolute Gasteiger partial charge is 0.368 e. The minimum Gasteiger partial charge on any atom is -0.368 e. The second-order valence-corrected chi connectivity index (χ2v) is 3.68. The molecule has 0 saturated heterocycles. The molecule has 0 aromatic carbocycles. The number of hydrogen-bond acceptors (Lipinski definition) is 7. The van der Waals surface area contributed by atoms with Gasteiger partial charge in [-0.25, -0.2) is 4.98 Å². The lowest BCUT2D eigenvalue weighted by Gasteiger charge is -2.12. The fourth-order valence-corrected chi connectivity index (χ4v) is 1.62. The molecule has 0 radical (unpaired) electrons. The normalized spacial score (nSPS) is 12.3. The van der Waals surface area contributed by atoms with Gasteiger partial charge in [0.15, 0.2) is 0 Å². The number of nitrogens with two attached hydrogens (primary N) is 2. The third-order valence-electron chi connectivity index (χ3n) is 2.46. The van der Waals surface area contributed by atoms with E-state index in [1.54, 1.807) is 6.20 Å². The molecule has 0 amide bonds. The van der Waals surface area contributed by atoms with Crippen LogP contribution in [0.1, 0.15) is 29.9 Å². The average molecular weight is 247 g/mol. The Morgan fingerprint density at radius 2 is 2.00 bits per heavy atom. The van der Waals surface area contributed by atoms with Crippen molar-refractivity contribution in [3.8, 4) is 0 Å². The van der Waals surface area contributed by atoms with E-state index in [4.69, 9.17) is 11.5 Å². The molecular weight excluding hydrogens is 234 g/mol. The van der Waals surface area contributed by atoms with E-state index in [1.165, 1.54) is 17.1 Å². The van der Waals surface area contributed by atoms with Gasteiger partial charge in [0.05, 0.1) is 5.92 Å². The molecule has 94 valence electrons. The Morgan fingerprint density at radius 1 is 1.33 bits per heavy atom. The number of hydrogen-bond donors (Lipinski definition) is 2. The Balaban J connectivity index is 2.36. The molecule has 0 aliphatic heterocycles. The van der Waals surface area contributed by atoms with E-state index in [-0.39, 0.29) is 23.6 Å². The van der Waals surface area contributed by atoms with E-state index >= 15 is 0 Å². The van der Waals surface area contributed by atoms with Crippen LogP contribution in [-0.4, -0.2) is 30.4 Å². The molecule has 8 heteroatoms. The van der Waals surface area contributed by atoms with Gasteiger partial charge in [0.25, 0.3) is 0 Å². The van der Waals surface area contributed by atoms with Gasteiger partial charge in [-0.3, -0.25) is 9.36 Å². The fraction of sp³-hybridized carbons (Fsp3) is 0.300. The van der Waals surface area contributed by atoms with Crippen LogP contribution in [0, 0.1) is 0 Å². The number of imidazole rings is 1. The second kappa shape index (κ2) is 4.78. The zero-order valence-electron chi connectivity index (χ0n) is 9.82. The third kappa shape index (κ3) is 2.26. The molecule has 1 atom stereocenters. The molecule has 2 heterocycles. The van der Waals surface area contributed by atoms with E-state index in [9.17, 15) is 4.79 Å². The standard InChI is InChI=1S/C10H13N7O/c1-2-6(8(18)17-4-3-13-5-17)7-14-9(11)16-10(12)15-7/h3-6H,2H2,1H3,(H4,11,12,14,15,16). The van der Waals surface area contributed by atoms with Crippen molar-refractivity contribution in [3.05, 3.63) is 24.5 Å². The summed E-state index contributed by atoms with van der Waals surface area (Å²) in [5.74, 6) is -0.406. The van der Waals surface area contributed by atoms with Gasteiger partial charge in [-0.15, -0.1) is 0 Å². The van der Waals surface area contributed by atoms with Crippen LogP contribution in [0.2, 0.25) is 0 Å². The van der Waals surface area contributed by atoms with Gasteiger partial charge in [-0.05, 0) is 6.42 Å². The lowest BCUT2D eigenvalue weighted by Crippen LogP contribution is -2.22. The maximum absolute atomic E-state index is 12.2. The van der Waals surface area contributed by atoms with E-state index in [1.807, 2.05) is 6.92 Å². The van der Waals surface area contributed by atoms with Gasteiger partial charge in [-0.1, -0.05) is 6.92 Å². The predicted molar refractivity (Wildman–Crippen MR) is 64.5 cm³/mol. The zero-order valence-corrected chi connectivity index (χ0v) is 9.82. The van der Waals surface area contributed by atoms with Crippen molar-refractivity contribution in [2.75, 3.05) is 11.5 Å². The molecule has 4 N–H and O–H groups in total. The van der Waals surface area contributed by atoms with Gasteiger partial charge in [-0.2, -0.15) is 15.0 Å². The first-order valence-corrected chi connectivity index (χ1v) is 5.41. The Morgan fingerprint density at radius 3 is 2.50 bits per heavy atom. The summed E-state index contributed by atoms with van der Waals surface area (Å²) in [4.78, 5) is 27.6. The molecule has 18 heavy (non-hydrogen) atoms. The number of nitrogens with zero attached hydrogens (tertiary/aromatic N) is 5. The molecule has 8 nitrogen and oxygen atoms in total. The SMILES string of the molecule is CCC(C(=O)n1ccnc1)c1nc(N)nc(N)n1. The first-order chi connectivity index (χ1) is 8.61. The monoisotopic (exact) mass is 247 g/mol. The van der Waals surface area contributed by atoms with Crippen LogP contribution in [0.25, 0.3) is 0 Å². The lowest BCUT2D eigenvalue weighted by atomic mass is 10.1. The summed E-state index contributed by atoms with van der Waals surface area (Å²) in [6.07, 6.45) is 5.05. The van der Waals surface area contributed by atoms with Crippen molar-refractivity contribution in [1.29, 1.82) is 0 Å². The lowest BCUT2D eigenvalue weighted by molar-refractivity contribution is 0.0871. The maximum atomic E-state index is 12.2. The van der Waals surface area contributed by atoms with Gasteiger partial charge in [0.1, 0.15) is 12.2 Å². The summed E-state index contributed by atoms with van der Waals surface area (Å²) in [5, 5.41) is 0. The number of carbonyl (C=O) groups is 1. The highest BCUT2D eigenvalue weighted by atomic mass is 16.2. The van der Waals surface area contributed by atoms with Crippen LogP contribution in [0.15, 0.2) is 18.7 Å². The molecule has 0 spiro atoms. The van der Waals surface area contributed by atoms with E-state index < -0.39 is 5.92 Å². The molecule has 0 aliphatic rings. The van der Waals surface area contributed by atoms with E-state index in [2.05, 4.69) is 19.9 Å². The van der Waals surface area contributed by atoms with Crippen LogP contribution in [-0.2, 0) is 0 Å². The predicted octanol–water partition coefficient (Wildman–Crippen LogP) is 0.0665. The van der Waals surface area contributed by atoms with Crippen LogP contribution >= 0.6 is 0 Å². The minimum atomic E-state index is -0.521. The van der Waals surface area contributed by atoms with Gasteiger partial charge in [0.2, 0.25) is 17.8 Å². The first kappa shape index (κ1) is 12.0. The van der Waals surface area contributed by atoms with Crippen molar-refractivity contribution >= 4 is 17.8 Å². The van der Waals surface area contributed by atoms with Crippen LogP contribution in [0.3, 0.4) is 0 Å². The minimum absolute atomic E-state index is 0.00869. The Labute approximate surface area is 103 Å². The van der Waals surface area contributed by atoms with Crippen molar-refractivity contribution in [2.45, 2.75) is 19.3 Å². The van der Waals surface area contributed by atoms with E-state index in [0.717, 1.165) is 0 Å². The molecule has 2 rings (SSSR count). The zero-order chi connectivity index (χ0) is 13.1. The molecule has 0 saturated carbocycles. The summed E-state index contributed by atoms with van der Waals surface area (Å²) < 4.78 is 1.38.